The van der Waals surface area contributed by atoms with E-state index in [1.54, 1.807) is 15.9 Å². The van der Waals surface area contributed by atoms with Crippen LogP contribution in [0.1, 0.15) is 32.1 Å². The number of ether oxygens (including phenoxy) is 1. The van der Waals surface area contributed by atoms with Crippen LogP contribution in [-0.2, 0) is 19.1 Å². The topological polar surface area (TPSA) is 107 Å². The van der Waals surface area contributed by atoms with Gasteiger partial charge in [0.15, 0.2) is 0 Å². The molecule has 0 radical (unpaired) electrons. The van der Waals surface area contributed by atoms with Gasteiger partial charge in [-0.05, 0) is 55.0 Å². The number of aliphatic carboxylic acids is 1. The van der Waals surface area contributed by atoms with E-state index in [0.29, 0.717) is 44.3 Å². The summed E-state index contributed by atoms with van der Waals surface area (Å²) in [6.07, 6.45) is 3.99. The van der Waals surface area contributed by atoms with Crippen LogP contribution in [0.2, 0.25) is 0 Å². The van der Waals surface area contributed by atoms with Gasteiger partial charge >= 0.3 is 5.97 Å². The molecule has 3 aliphatic rings. The number of anilines is 1. The van der Waals surface area contributed by atoms with Crippen LogP contribution in [0.4, 0.5) is 5.69 Å². The molecule has 2 aromatic carbocycles. The van der Waals surface area contributed by atoms with Gasteiger partial charge in [-0.3, -0.25) is 14.4 Å². The number of hydrogen-bond donors (Lipinski definition) is 2. The number of benzene rings is 2. The van der Waals surface area contributed by atoms with Crippen LogP contribution in [0.25, 0.3) is 10.8 Å². The van der Waals surface area contributed by atoms with Gasteiger partial charge in [0.1, 0.15) is 11.6 Å². The number of aliphatic hydroxyl groups excluding tert-OH is 1. The van der Waals surface area contributed by atoms with Crippen LogP contribution < -0.4 is 4.90 Å². The first-order valence-electron chi connectivity index (χ1n) is 12.7. The molecule has 2 aromatic rings. The fourth-order valence-electron chi connectivity index (χ4n) is 6.47. The van der Waals surface area contributed by atoms with E-state index in [0.717, 1.165) is 10.8 Å². The van der Waals surface area contributed by atoms with Crippen molar-refractivity contribution in [1.29, 1.82) is 0 Å². The van der Waals surface area contributed by atoms with E-state index in [2.05, 4.69) is 6.58 Å². The van der Waals surface area contributed by atoms with Crippen molar-refractivity contribution in [3.63, 3.8) is 0 Å². The van der Waals surface area contributed by atoms with E-state index in [1.165, 1.54) is 0 Å². The van der Waals surface area contributed by atoms with E-state index < -0.39 is 35.6 Å². The van der Waals surface area contributed by atoms with Crippen LogP contribution in [0.5, 0.6) is 0 Å². The first-order valence-corrected chi connectivity index (χ1v) is 12.7. The van der Waals surface area contributed by atoms with Crippen LogP contribution in [0.3, 0.4) is 0 Å². The van der Waals surface area contributed by atoms with Gasteiger partial charge in [0.25, 0.3) is 5.91 Å². The average molecular weight is 493 g/mol. The molecule has 8 heteroatoms. The molecule has 0 saturated carbocycles. The van der Waals surface area contributed by atoms with E-state index in [1.807, 2.05) is 42.5 Å². The summed E-state index contributed by atoms with van der Waals surface area (Å²) in [5.41, 5.74) is -0.455. The highest BCUT2D eigenvalue weighted by molar-refractivity contribution is 6.05. The monoisotopic (exact) mass is 492 g/mol. The Labute approximate surface area is 210 Å². The summed E-state index contributed by atoms with van der Waals surface area (Å²) in [4.78, 5) is 43.4. The molecule has 1 spiro atoms. The zero-order valence-corrected chi connectivity index (χ0v) is 20.2. The summed E-state index contributed by atoms with van der Waals surface area (Å²) >= 11 is 0. The number of aliphatic hydroxyl groups is 1. The number of carbonyl (C=O) groups is 3. The minimum absolute atomic E-state index is 0.0593. The molecule has 2 N–H and O–H groups in total. The molecule has 3 saturated heterocycles. The Bertz CT molecular complexity index is 1200. The standard InChI is InChI=1S/C28H32N2O6/c1-2-14-29(20-11-10-18-8-4-5-9-19(18)17-20)26(33)24-28-13-12-21(36-28)22(27(34)35)23(28)25(32)30(24)15-6-3-7-16-31/h2,4-5,8-11,17,21-24,31H,1,3,6-7,12-16H2,(H,34,35)/t21-,22+,23+,24-,28+/m0/s1. The largest absolute Gasteiger partial charge is 0.481 e. The summed E-state index contributed by atoms with van der Waals surface area (Å²) in [6, 6.07) is 12.8. The van der Waals surface area contributed by atoms with E-state index >= 15 is 0 Å². The molecular formula is C28H32N2O6. The molecule has 3 aliphatic heterocycles. The smallest absolute Gasteiger partial charge is 0.310 e. The second-order valence-electron chi connectivity index (χ2n) is 9.98. The summed E-state index contributed by atoms with van der Waals surface area (Å²) in [6.45, 7) is 4.46. The third-order valence-electron chi connectivity index (χ3n) is 8.00. The lowest BCUT2D eigenvalue weighted by molar-refractivity contribution is -0.149. The van der Waals surface area contributed by atoms with Gasteiger partial charge in [0.05, 0.1) is 17.9 Å². The Morgan fingerprint density at radius 3 is 2.67 bits per heavy atom. The Morgan fingerprint density at radius 1 is 1.17 bits per heavy atom. The summed E-state index contributed by atoms with van der Waals surface area (Å²) in [7, 11) is 0. The molecule has 8 nitrogen and oxygen atoms in total. The highest BCUT2D eigenvalue weighted by Gasteiger charge is 2.74. The van der Waals surface area contributed by atoms with Gasteiger partial charge in [0, 0.05) is 25.4 Å². The first kappa shape index (κ1) is 24.5. The van der Waals surface area contributed by atoms with Crippen molar-refractivity contribution in [2.45, 2.75) is 49.9 Å². The highest BCUT2D eigenvalue weighted by Crippen LogP contribution is 2.58. The van der Waals surface area contributed by atoms with Crippen molar-refractivity contribution in [2.75, 3.05) is 24.6 Å². The molecule has 0 unspecified atom stereocenters. The number of hydrogen-bond acceptors (Lipinski definition) is 5. The van der Waals surface area contributed by atoms with Crippen molar-refractivity contribution in [1.82, 2.24) is 4.90 Å². The first-order chi connectivity index (χ1) is 17.4. The lowest BCUT2D eigenvalue weighted by atomic mass is 9.70. The van der Waals surface area contributed by atoms with Crippen LogP contribution in [-0.4, -0.2) is 70.3 Å². The van der Waals surface area contributed by atoms with Crippen molar-refractivity contribution in [3.05, 3.63) is 55.1 Å². The Balaban J connectivity index is 1.54. The van der Waals surface area contributed by atoms with Crippen molar-refractivity contribution in [3.8, 4) is 0 Å². The second kappa shape index (κ2) is 9.67. The number of likely N-dealkylation sites (tertiary alicyclic amines) is 1. The minimum Gasteiger partial charge on any atom is -0.481 e. The number of amides is 2. The predicted molar refractivity (Wildman–Crippen MR) is 134 cm³/mol. The van der Waals surface area contributed by atoms with Crippen LogP contribution >= 0.6 is 0 Å². The van der Waals surface area contributed by atoms with Gasteiger partial charge in [0.2, 0.25) is 5.91 Å². The maximum Gasteiger partial charge on any atom is 0.310 e. The number of unbranched alkanes of at least 4 members (excludes halogenated alkanes) is 2. The van der Waals surface area contributed by atoms with Gasteiger partial charge in [-0.2, -0.15) is 0 Å². The van der Waals surface area contributed by atoms with Gasteiger partial charge in [-0.1, -0.05) is 36.4 Å². The molecule has 2 bridgehead atoms. The zero-order chi connectivity index (χ0) is 25.4. The van der Waals surface area contributed by atoms with Crippen LogP contribution in [0.15, 0.2) is 55.1 Å². The number of carboxylic acids is 1. The summed E-state index contributed by atoms with van der Waals surface area (Å²) in [5.74, 6) is -3.47. The molecule has 3 heterocycles. The average Bonchev–Trinajstić information content (AvgIpc) is 3.52. The summed E-state index contributed by atoms with van der Waals surface area (Å²) < 4.78 is 6.30. The van der Waals surface area contributed by atoms with E-state index in [9.17, 15) is 19.5 Å². The zero-order valence-electron chi connectivity index (χ0n) is 20.2. The maximum atomic E-state index is 14.3. The summed E-state index contributed by atoms with van der Waals surface area (Å²) in [5, 5.41) is 21.1. The Kier molecular flexibility index (Phi) is 6.57. The normalized spacial score (nSPS) is 28.5. The third kappa shape index (κ3) is 3.79. The fraction of sp³-hybridized carbons (Fsp3) is 0.464. The molecule has 5 atom stereocenters. The number of carbonyl (C=O) groups excluding carboxylic acids is 2. The molecule has 36 heavy (non-hydrogen) atoms. The highest BCUT2D eigenvalue weighted by atomic mass is 16.5. The molecule has 2 amide bonds. The maximum absolute atomic E-state index is 14.3. The molecule has 5 rings (SSSR count). The lowest BCUT2D eigenvalue weighted by Crippen LogP contribution is -2.56. The third-order valence-corrected chi connectivity index (χ3v) is 8.00. The Morgan fingerprint density at radius 2 is 1.94 bits per heavy atom. The van der Waals surface area contributed by atoms with Gasteiger partial charge in [-0.25, -0.2) is 0 Å². The lowest BCUT2D eigenvalue weighted by Gasteiger charge is -2.36. The fourth-order valence-corrected chi connectivity index (χ4v) is 6.47. The minimum atomic E-state index is -1.14. The quantitative estimate of drug-likeness (QED) is 0.390. The predicted octanol–water partition coefficient (Wildman–Crippen LogP) is 2.98. The number of carboxylic acid groups (broad SMARTS) is 1. The molecule has 3 fully saturated rings. The SMILES string of the molecule is C=CCN(C(=O)[C@@H]1N(CCCCCO)C(=O)[C@H]2[C@H](C(=O)O)[C@@H]3CC[C@]12O3)c1ccc2ccccc2c1. The molecule has 190 valence electrons. The van der Waals surface area contributed by atoms with Gasteiger partial charge < -0.3 is 24.7 Å². The number of nitrogens with zero attached hydrogens (tertiary/aromatic N) is 2. The van der Waals surface area contributed by atoms with Crippen molar-refractivity contribution in [2.24, 2.45) is 11.8 Å². The van der Waals surface area contributed by atoms with Crippen molar-refractivity contribution >= 4 is 34.2 Å². The molecule has 0 aliphatic carbocycles. The van der Waals surface area contributed by atoms with Crippen molar-refractivity contribution < 1.29 is 29.3 Å². The number of rotatable bonds is 10. The molecular weight excluding hydrogens is 460 g/mol. The Hall–Kier alpha value is -3.23. The van der Waals surface area contributed by atoms with E-state index in [4.69, 9.17) is 9.84 Å². The van der Waals surface area contributed by atoms with E-state index in [-0.39, 0.29) is 25.0 Å². The number of fused-ring (bicyclic) bond motifs is 2. The second-order valence-corrected chi connectivity index (χ2v) is 9.98. The van der Waals surface area contributed by atoms with Crippen LogP contribution in [0, 0.1) is 11.8 Å². The van der Waals surface area contributed by atoms with Gasteiger partial charge in [-0.15, -0.1) is 6.58 Å². The molecule has 0 aromatic heterocycles.